The number of amidine groups is 1. The predicted octanol–water partition coefficient (Wildman–Crippen LogP) is 3.84. The van der Waals surface area contributed by atoms with Crippen LogP contribution in [0.3, 0.4) is 0 Å². The second kappa shape index (κ2) is 6.27. The number of rotatable bonds is 4. The van der Waals surface area contributed by atoms with E-state index in [2.05, 4.69) is 21.1 Å². The van der Waals surface area contributed by atoms with Crippen LogP contribution in [0, 0.1) is 0 Å². The molecule has 7 heteroatoms. The maximum absolute atomic E-state index is 8.74. The number of hydrogen-bond donors (Lipinski definition) is 2. The number of ether oxygens (including phenoxy) is 1. The molecule has 3 N–H and O–H groups in total. The van der Waals surface area contributed by atoms with Crippen molar-refractivity contribution in [2.75, 3.05) is 0 Å². The van der Waals surface area contributed by atoms with Gasteiger partial charge in [0.2, 0.25) is 0 Å². The van der Waals surface area contributed by atoms with Crippen LogP contribution >= 0.6 is 38.9 Å². The summed E-state index contributed by atoms with van der Waals surface area (Å²) in [6.45, 7) is 0.391. The lowest BCUT2D eigenvalue weighted by Crippen LogP contribution is -2.14. The number of thiophene rings is 1. The lowest BCUT2D eigenvalue weighted by atomic mass is 10.2. The van der Waals surface area contributed by atoms with Crippen LogP contribution in [-0.4, -0.2) is 11.0 Å². The molecule has 0 aliphatic rings. The van der Waals surface area contributed by atoms with Gasteiger partial charge in [-0.25, -0.2) is 0 Å². The Kier molecular flexibility index (Phi) is 4.68. The zero-order chi connectivity index (χ0) is 13.8. The summed E-state index contributed by atoms with van der Waals surface area (Å²) in [7, 11) is 0. The minimum absolute atomic E-state index is 0.0148. The maximum atomic E-state index is 8.74. The van der Waals surface area contributed by atoms with Gasteiger partial charge < -0.3 is 15.7 Å². The zero-order valence-corrected chi connectivity index (χ0v) is 12.8. The van der Waals surface area contributed by atoms with E-state index in [0.29, 0.717) is 22.9 Å². The van der Waals surface area contributed by atoms with Gasteiger partial charge in [-0.2, -0.15) is 0 Å². The second-order valence-corrected chi connectivity index (χ2v) is 5.99. The minimum atomic E-state index is -0.0148. The predicted molar refractivity (Wildman–Crippen MR) is 80.3 cm³/mol. The van der Waals surface area contributed by atoms with E-state index in [-0.39, 0.29) is 5.84 Å². The fourth-order valence-corrected chi connectivity index (χ4v) is 2.98. The van der Waals surface area contributed by atoms with Crippen LogP contribution in [0.15, 0.2) is 39.3 Å². The van der Waals surface area contributed by atoms with Crippen molar-refractivity contribution in [3.63, 3.8) is 0 Å². The van der Waals surface area contributed by atoms with Gasteiger partial charge in [-0.15, -0.1) is 11.3 Å². The normalized spacial score (nSPS) is 11.6. The van der Waals surface area contributed by atoms with Gasteiger partial charge in [-0.05, 0) is 40.2 Å². The molecule has 0 fully saturated rings. The third kappa shape index (κ3) is 3.62. The van der Waals surface area contributed by atoms with Gasteiger partial charge in [0, 0.05) is 19.8 Å². The Morgan fingerprint density at radius 1 is 1.47 bits per heavy atom. The van der Waals surface area contributed by atoms with Crippen molar-refractivity contribution in [1.29, 1.82) is 0 Å². The van der Waals surface area contributed by atoms with E-state index in [1.165, 1.54) is 0 Å². The van der Waals surface area contributed by atoms with Gasteiger partial charge in [0.25, 0.3) is 0 Å². The molecule has 0 unspecified atom stereocenters. The molecule has 0 bridgehead atoms. The van der Waals surface area contributed by atoms with Gasteiger partial charge in [0.05, 0.1) is 5.56 Å². The van der Waals surface area contributed by atoms with E-state index >= 15 is 0 Å². The summed E-state index contributed by atoms with van der Waals surface area (Å²) in [4.78, 5) is 1.05. The van der Waals surface area contributed by atoms with Crippen LogP contribution in [0.2, 0.25) is 5.02 Å². The second-order valence-electron chi connectivity index (χ2n) is 3.65. The molecular formula is C12H10BrClN2O2S. The highest BCUT2D eigenvalue weighted by molar-refractivity contribution is 9.10. The highest BCUT2D eigenvalue weighted by Gasteiger charge is 2.10. The summed E-state index contributed by atoms with van der Waals surface area (Å²) in [6.07, 6.45) is 0. The van der Waals surface area contributed by atoms with E-state index < -0.39 is 0 Å². The van der Waals surface area contributed by atoms with Crippen molar-refractivity contribution in [1.82, 2.24) is 0 Å². The van der Waals surface area contributed by atoms with Crippen LogP contribution < -0.4 is 10.5 Å². The average Bonchev–Trinajstić information content (AvgIpc) is 2.81. The van der Waals surface area contributed by atoms with Crippen LogP contribution in [0.25, 0.3) is 0 Å². The summed E-state index contributed by atoms with van der Waals surface area (Å²) in [6, 6.07) is 6.91. The summed E-state index contributed by atoms with van der Waals surface area (Å²) in [5.41, 5.74) is 6.09. The van der Waals surface area contributed by atoms with Gasteiger partial charge in [0.1, 0.15) is 12.4 Å². The Morgan fingerprint density at radius 2 is 2.26 bits per heavy atom. The van der Waals surface area contributed by atoms with E-state index in [0.717, 1.165) is 9.35 Å². The Labute approximate surface area is 127 Å². The quantitative estimate of drug-likeness (QED) is 0.376. The third-order valence-electron chi connectivity index (χ3n) is 2.32. The first-order chi connectivity index (χ1) is 9.10. The fraction of sp³-hybridized carbons (Fsp3) is 0.0833. The standard InChI is InChI=1S/C12H10BrClN2O2S/c13-7-3-9(19-6-7)5-18-11-4-8(14)1-2-10(11)12(15)16-17/h1-4,6,17H,5H2,(H2,15,16). The number of benzene rings is 1. The van der Waals surface area contributed by atoms with E-state index in [1.807, 2.05) is 11.4 Å². The van der Waals surface area contributed by atoms with Crippen molar-refractivity contribution >= 4 is 44.7 Å². The van der Waals surface area contributed by atoms with Crippen LogP contribution in [0.1, 0.15) is 10.4 Å². The summed E-state index contributed by atoms with van der Waals surface area (Å²) in [5, 5.41) is 14.2. The molecule has 0 aliphatic heterocycles. The highest BCUT2D eigenvalue weighted by Crippen LogP contribution is 2.26. The van der Waals surface area contributed by atoms with E-state index in [4.69, 9.17) is 27.3 Å². The van der Waals surface area contributed by atoms with Crippen LogP contribution in [0.4, 0.5) is 0 Å². The summed E-state index contributed by atoms with van der Waals surface area (Å²) >= 11 is 10.9. The SMILES string of the molecule is N/C(=N/O)c1ccc(Cl)cc1OCc1cc(Br)cs1. The molecule has 0 spiro atoms. The Hall–Kier alpha value is -1.24. The number of nitrogens with two attached hydrogens (primary N) is 1. The van der Waals surface area contributed by atoms with Gasteiger partial charge in [-0.3, -0.25) is 0 Å². The molecule has 0 radical (unpaired) electrons. The van der Waals surface area contributed by atoms with Crippen molar-refractivity contribution in [2.24, 2.45) is 10.9 Å². The molecule has 0 saturated heterocycles. The number of nitrogens with zero attached hydrogens (tertiary/aromatic N) is 1. The van der Waals surface area contributed by atoms with Gasteiger partial charge >= 0.3 is 0 Å². The van der Waals surface area contributed by atoms with E-state index in [1.54, 1.807) is 29.5 Å². The third-order valence-corrected chi connectivity index (χ3v) is 4.23. The topological polar surface area (TPSA) is 67.8 Å². The molecule has 0 saturated carbocycles. The molecule has 19 heavy (non-hydrogen) atoms. The molecule has 2 rings (SSSR count). The summed E-state index contributed by atoms with van der Waals surface area (Å²) in [5.74, 6) is 0.464. The Morgan fingerprint density at radius 3 is 2.89 bits per heavy atom. The molecule has 0 aliphatic carbocycles. The zero-order valence-electron chi connectivity index (χ0n) is 9.64. The van der Waals surface area contributed by atoms with E-state index in [9.17, 15) is 0 Å². The lowest BCUT2D eigenvalue weighted by Gasteiger charge is -2.10. The maximum Gasteiger partial charge on any atom is 0.173 e. The van der Waals surface area contributed by atoms with Gasteiger partial charge in [0.15, 0.2) is 5.84 Å². The molecule has 1 heterocycles. The van der Waals surface area contributed by atoms with Crippen LogP contribution in [-0.2, 0) is 6.61 Å². The molecule has 1 aromatic heterocycles. The number of hydrogen-bond acceptors (Lipinski definition) is 4. The summed E-state index contributed by atoms with van der Waals surface area (Å²) < 4.78 is 6.69. The Balaban J connectivity index is 2.21. The fourth-order valence-electron chi connectivity index (χ4n) is 1.46. The minimum Gasteiger partial charge on any atom is -0.487 e. The Bertz CT molecular complexity index is 616. The molecule has 4 nitrogen and oxygen atoms in total. The number of halogens is 2. The van der Waals surface area contributed by atoms with Crippen molar-refractivity contribution in [2.45, 2.75) is 6.61 Å². The largest absolute Gasteiger partial charge is 0.487 e. The first-order valence-electron chi connectivity index (χ1n) is 5.23. The molecular weight excluding hydrogens is 352 g/mol. The molecule has 100 valence electrons. The molecule has 0 atom stereocenters. The van der Waals surface area contributed by atoms with Gasteiger partial charge in [-0.1, -0.05) is 16.8 Å². The first kappa shape index (κ1) is 14.2. The van der Waals surface area contributed by atoms with Crippen molar-refractivity contribution in [3.05, 3.63) is 49.6 Å². The lowest BCUT2D eigenvalue weighted by molar-refractivity contribution is 0.306. The average molecular weight is 362 g/mol. The molecule has 2 aromatic rings. The van der Waals surface area contributed by atoms with Crippen molar-refractivity contribution < 1.29 is 9.94 Å². The molecule has 1 aromatic carbocycles. The molecule has 0 amide bonds. The number of oxime groups is 1. The first-order valence-corrected chi connectivity index (χ1v) is 7.28. The highest BCUT2D eigenvalue weighted by atomic mass is 79.9. The van der Waals surface area contributed by atoms with Crippen LogP contribution in [0.5, 0.6) is 5.75 Å². The smallest absolute Gasteiger partial charge is 0.173 e. The monoisotopic (exact) mass is 360 g/mol. The van der Waals surface area contributed by atoms with Crippen molar-refractivity contribution in [3.8, 4) is 5.75 Å².